The quantitative estimate of drug-likeness (QED) is 0.288. The van der Waals surface area contributed by atoms with Crippen molar-refractivity contribution in [1.82, 2.24) is 10.6 Å². The number of ether oxygens (including phenoxy) is 3. The summed E-state index contributed by atoms with van der Waals surface area (Å²) < 4.78 is 15.8. The zero-order valence-electron chi connectivity index (χ0n) is 17.7. The van der Waals surface area contributed by atoms with E-state index in [-0.39, 0.29) is 24.0 Å². The van der Waals surface area contributed by atoms with Crippen LogP contribution in [-0.2, 0) is 24.3 Å². The van der Waals surface area contributed by atoms with E-state index in [0.29, 0.717) is 13.2 Å². The summed E-state index contributed by atoms with van der Waals surface area (Å²) in [7, 11) is 5.00. The molecule has 0 saturated heterocycles. The number of methoxy groups -OCH3 is 3. The fraction of sp³-hybridized carbons (Fsp3) is 0.409. The second-order valence-corrected chi connectivity index (χ2v) is 6.31. The van der Waals surface area contributed by atoms with E-state index in [1.807, 2.05) is 12.1 Å². The van der Waals surface area contributed by atoms with Crippen molar-refractivity contribution in [3.8, 4) is 11.5 Å². The summed E-state index contributed by atoms with van der Waals surface area (Å²) in [6.07, 6.45) is 0.858. The molecule has 2 aromatic carbocycles. The lowest BCUT2D eigenvalue weighted by molar-refractivity contribution is 0.185. The van der Waals surface area contributed by atoms with Crippen LogP contribution in [0, 0.1) is 0 Å². The van der Waals surface area contributed by atoms with E-state index in [0.717, 1.165) is 48.1 Å². The molecule has 0 aliphatic heterocycles. The van der Waals surface area contributed by atoms with Crippen molar-refractivity contribution in [3.63, 3.8) is 0 Å². The minimum atomic E-state index is 0. The Balaban J connectivity index is 0.00000420. The highest BCUT2D eigenvalue weighted by molar-refractivity contribution is 14.0. The highest BCUT2D eigenvalue weighted by Gasteiger charge is 2.05. The summed E-state index contributed by atoms with van der Waals surface area (Å²) in [5.74, 6) is 2.30. The predicted octanol–water partition coefficient (Wildman–Crippen LogP) is 3.77. The first-order valence-electron chi connectivity index (χ1n) is 9.50. The number of halogens is 1. The van der Waals surface area contributed by atoms with E-state index < -0.39 is 0 Å². The van der Waals surface area contributed by atoms with Crippen molar-refractivity contribution < 1.29 is 14.2 Å². The molecule has 2 aromatic rings. The van der Waals surface area contributed by atoms with Gasteiger partial charge in [-0.2, -0.15) is 0 Å². The largest absolute Gasteiger partial charge is 0.493 e. The molecule has 0 bridgehead atoms. The molecule has 29 heavy (non-hydrogen) atoms. The molecule has 0 atom stereocenters. The van der Waals surface area contributed by atoms with Gasteiger partial charge in [-0.25, -0.2) is 4.99 Å². The number of nitrogens with zero attached hydrogens (tertiary/aromatic N) is 1. The Morgan fingerprint density at radius 1 is 0.862 bits per heavy atom. The van der Waals surface area contributed by atoms with Gasteiger partial charge in [0.25, 0.3) is 0 Å². The molecule has 160 valence electrons. The van der Waals surface area contributed by atoms with Gasteiger partial charge in [-0.1, -0.05) is 30.3 Å². The van der Waals surface area contributed by atoms with E-state index >= 15 is 0 Å². The summed E-state index contributed by atoms with van der Waals surface area (Å²) >= 11 is 0. The molecule has 2 rings (SSSR count). The maximum atomic E-state index is 5.36. The first kappa shape index (κ1) is 25.0. The Bertz CT molecular complexity index is 751. The molecular weight excluding hydrogens is 481 g/mol. The Morgan fingerprint density at radius 2 is 1.52 bits per heavy atom. The number of benzene rings is 2. The van der Waals surface area contributed by atoms with E-state index in [2.05, 4.69) is 52.9 Å². The number of hydrogen-bond acceptors (Lipinski definition) is 4. The maximum Gasteiger partial charge on any atom is 0.191 e. The van der Waals surface area contributed by atoms with Crippen LogP contribution in [0.1, 0.15) is 23.6 Å². The van der Waals surface area contributed by atoms with Crippen LogP contribution in [0.4, 0.5) is 0 Å². The molecule has 0 radical (unpaired) electrons. The highest BCUT2D eigenvalue weighted by Crippen LogP contribution is 2.27. The molecular formula is C22H32IN3O3. The monoisotopic (exact) mass is 513 g/mol. The number of hydrogen-bond donors (Lipinski definition) is 2. The molecule has 0 aromatic heterocycles. The molecule has 6 nitrogen and oxygen atoms in total. The van der Waals surface area contributed by atoms with Crippen LogP contribution in [-0.4, -0.2) is 40.4 Å². The van der Waals surface area contributed by atoms with Crippen LogP contribution < -0.4 is 20.1 Å². The van der Waals surface area contributed by atoms with Gasteiger partial charge < -0.3 is 24.8 Å². The third-order valence-corrected chi connectivity index (χ3v) is 4.25. The molecule has 0 heterocycles. The molecule has 0 fully saturated rings. The van der Waals surface area contributed by atoms with E-state index in [1.165, 1.54) is 5.56 Å². The van der Waals surface area contributed by atoms with Gasteiger partial charge >= 0.3 is 0 Å². The average Bonchev–Trinajstić information content (AvgIpc) is 2.73. The van der Waals surface area contributed by atoms with Crippen molar-refractivity contribution in [1.29, 1.82) is 0 Å². The fourth-order valence-electron chi connectivity index (χ4n) is 2.78. The third-order valence-electron chi connectivity index (χ3n) is 4.25. The van der Waals surface area contributed by atoms with Crippen LogP contribution in [0.5, 0.6) is 11.5 Å². The van der Waals surface area contributed by atoms with Gasteiger partial charge in [-0.15, -0.1) is 24.0 Å². The molecule has 7 heteroatoms. The summed E-state index contributed by atoms with van der Waals surface area (Å²) in [4.78, 5) is 4.67. The van der Waals surface area contributed by atoms with Crippen LogP contribution in [0.3, 0.4) is 0 Å². The second-order valence-electron chi connectivity index (χ2n) is 6.31. The van der Waals surface area contributed by atoms with Crippen molar-refractivity contribution >= 4 is 29.9 Å². The Labute approximate surface area is 191 Å². The van der Waals surface area contributed by atoms with Gasteiger partial charge in [-0.3, -0.25) is 0 Å². The topological polar surface area (TPSA) is 64.1 Å². The molecule has 0 unspecified atom stereocenters. The Hall–Kier alpha value is -2.00. The first-order chi connectivity index (χ1) is 13.7. The van der Waals surface area contributed by atoms with E-state index in [4.69, 9.17) is 14.2 Å². The van der Waals surface area contributed by atoms with Gasteiger partial charge in [0.15, 0.2) is 17.5 Å². The van der Waals surface area contributed by atoms with Crippen LogP contribution in [0.15, 0.2) is 47.5 Å². The van der Waals surface area contributed by atoms with Crippen molar-refractivity contribution in [2.75, 3.05) is 34.4 Å². The smallest absolute Gasteiger partial charge is 0.191 e. The van der Waals surface area contributed by atoms with Gasteiger partial charge in [0.2, 0.25) is 0 Å². The SMILES string of the molecule is CCNC(=NCc1ccc(COC)cc1)NCCc1ccc(OC)c(OC)c1.I. The van der Waals surface area contributed by atoms with E-state index in [9.17, 15) is 0 Å². The summed E-state index contributed by atoms with van der Waals surface area (Å²) in [5, 5.41) is 6.67. The lowest BCUT2D eigenvalue weighted by Crippen LogP contribution is -2.38. The van der Waals surface area contributed by atoms with Gasteiger partial charge in [0, 0.05) is 20.2 Å². The van der Waals surface area contributed by atoms with Crippen LogP contribution in [0.25, 0.3) is 0 Å². The zero-order valence-corrected chi connectivity index (χ0v) is 20.0. The number of nitrogens with one attached hydrogen (secondary N) is 2. The average molecular weight is 513 g/mol. The van der Waals surface area contributed by atoms with Crippen LogP contribution in [0.2, 0.25) is 0 Å². The normalized spacial score (nSPS) is 10.8. The van der Waals surface area contributed by atoms with Gasteiger partial charge in [0.05, 0.1) is 27.4 Å². The Kier molecular flexibility index (Phi) is 12.1. The number of rotatable bonds is 10. The Morgan fingerprint density at radius 3 is 2.14 bits per heavy atom. The molecule has 2 N–H and O–H groups in total. The minimum Gasteiger partial charge on any atom is -0.493 e. The second kappa shape index (κ2) is 14.1. The van der Waals surface area contributed by atoms with Crippen molar-refractivity contribution in [2.24, 2.45) is 4.99 Å². The summed E-state index contributed by atoms with van der Waals surface area (Å²) in [6, 6.07) is 14.3. The lowest BCUT2D eigenvalue weighted by Gasteiger charge is -2.13. The first-order valence-corrected chi connectivity index (χ1v) is 9.50. The van der Waals surface area contributed by atoms with Crippen molar-refractivity contribution in [2.45, 2.75) is 26.5 Å². The van der Waals surface area contributed by atoms with E-state index in [1.54, 1.807) is 21.3 Å². The zero-order chi connectivity index (χ0) is 20.2. The predicted molar refractivity (Wildman–Crippen MR) is 129 cm³/mol. The summed E-state index contributed by atoms with van der Waals surface area (Å²) in [6.45, 7) is 4.90. The summed E-state index contributed by atoms with van der Waals surface area (Å²) in [5.41, 5.74) is 3.50. The molecule has 0 spiro atoms. The minimum absolute atomic E-state index is 0. The number of guanidine groups is 1. The molecule has 0 aliphatic rings. The number of aliphatic imine (C=N–C) groups is 1. The lowest BCUT2D eigenvalue weighted by atomic mass is 10.1. The van der Waals surface area contributed by atoms with Gasteiger partial charge in [-0.05, 0) is 42.2 Å². The van der Waals surface area contributed by atoms with Crippen molar-refractivity contribution in [3.05, 3.63) is 59.2 Å². The standard InChI is InChI=1S/C22H31N3O3.HI/c1-5-23-22(25-15-18-6-8-19(9-7-18)16-26-2)24-13-12-17-10-11-20(27-3)21(14-17)28-4;/h6-11,14H,5,12-13,15-16H2,1-4H3,(H2,23,24,25);1H. The molecule has 0 saturated carbocycles. The molecule has 0 amide bonds. The highest BCUT2D eigenvalue weighted by atomic mass is 127. The fourth-order valence-corrected chi connectivity index (χ4v) is 2.78. The van der Waals surface area contributed by atoms with Gasteiger partial charge in [0.1, 0.15) is 0 Å². The third kappa shape index (κ3) is 8.49. The maximum absolute atomic E-state index is 5.36. The van der Waals surface area contributed by atoms with Crippen LogP contribution >= 0.6 is 24.0 Å². The molecule has 0 aliphatic carbocycles.